The molecule has 2 heteroatoms. The third-order valence-corrected chi connectivity index (χ3v) is 3.12. The third kappa shape index (κ3) is 2.28. The van der Waals surface area contributed by atoms with Gasteiger partial charge in [-0.1, -0.05) is 25.7 Å². The number of hydrogen-bond donors (Lipinski definition) is 1. The van der Waals surface area contributed by atoms with Crippen molar-refractivity contribution in [2.24, 2.45) is 0 Å². The van der Waals surface area contributed by atoms with Gasteiger partial charge in [-0.15, -0.1) is 6.58 Å². The van der Waals surface area contributed by atoms with Crippen LogP contribution in [-0.2, 0) is 0 Å². The van der Waals surface area contributed by atoms with Gasteiger partial charge in [-0.25, -0.2) is 0 Å². The van der Waals surface area contributed by atoms with E-state index in [0.29, 0.717) is 0 Å². The van der Waals surface area contributed by atoms with Crippen molar-refractivity contribution in [3.63, 3.8) is 0 Å². The highest BCUT2D eigenvalue weighted by Gasteiger charge is 2.20. The maximum atomic E-state index is 9.14. The maximum Gasteiger partial charge on any atom is 0.0830 e. The monoisotopic (exact) mass is 130 g/mol. The molecule has 1 nitrogen and oxygen atoms in total. The first-order chi connectivity index (χ1) is 3.48. The smallest absolute Gasteiger partial charge is 0.0830 e. The second-order valence-electron chi connectivity index (χ2n) is 3.05. The van der Waals surface area contributed by atoms with E-state index in [-0.39, 0.29) is 5.73 Å². The molecular weight excluding hydrogens is 116 g/mol. The molecule has 0 aliphatic carbocycles. The van der Waals surface area contributed by atoms with E-state index in [1.165, 1.54) is 0 Å². The first-order valence-electron chi connectivity index (χ1n) is 2.79. The molecule has 0 saturated carbocycles. The Labute approximate surface area is 52.0 Å². The highest BCUT2D eigenvalue weighted by molar-refractivity contribution is 6.77. The Morgan fingerprint density at radius 2 is 1.88 bits per heavy atom. The van der Waals surface area contributed by atoms with Crippen LogP contribution >= 0.6 is 0 Å². The quantitative estimate of drug-likeness (QED) is 0.442. The molecule has 0 heterocycles. The summed E-state index contributed by atoms with van der Waals surface area (Å²) in [4.78, 5) is 0. The van der Waals surface area contributed by atoms with Crippen LogP contribution in [0, 0.1) is 0 Å². The van der Waals surface area contributed by atoms with Crippen LogP contribution in [-0.4, -0.2) is 18.9 Å². The highest BCUT2D eigenvalue weighted by Crippen LogP contribution is 2.06. The van der Waals surface area contributed by atoms with Crippen molar-refractivity contribution in [2.75, 3.05) is 0 Å². The summed E-state index contributed by atoms with van der Waals surface area (Å²) in [5, 5.41) is 9.14. The topological polar surface area (TPSA) is 20.2 Å². The lowest BCUT2D eigenvalue weighted by atomic mass is 10.7. The molecule has 1 unspecified atom stereocenters. The van der Waals surface area contributed by atoms with E-state index in [1.54, 1.807) is 6.08 Å². The molecule has 0 saturated heterocycles. The van der Waals surface area contributed by atoms with E-state index in [0.717, 1.165) is 0 Å². The van der Waals surface area contributed by atoms with Crippen LogP contribution in [0.15, 0.2) is 12.7 Å². The van der Waals surface area contributed by atoms with Gasteiger partial charge >= 0.3 is 0 Å². The molecule has 0 spiro atoms. The van der Waals surface area contributed by atoms with Crippen molar-refractivity contribution in [1.82, 2.24) is 0 Å². The molecule has 8 heavy (non-hydrogen) atoms. The fraction of sp³-hybridized carbons (Fsp3) is 0.667. The SMILES string of the molecule is C=CC(O)[Si](C)(C)C. The summed E-state index contributed by atoms with van der Waals surface area (Å²) in [6, 6.07) is 0. The third-order valence-electron chi connectivity index (χ3n) is 1.11. The van der Waals surface area contributed by atoms with Crippen molar-refractivity contribution < 1.29 is 5.11 Å². The molecule has 0 aliphatic heterocycles. The van der Waals surface area contributed by atoms with Gasteiger partial charge in [-0.2, -0.15) is 0 Å². The first kappa shape index (κ1) is 7.92. The first-order valence-corrected chi connectivity index (χ1v) is 6.37. The minimum Gasteiger partial charge on any atom is -0.393 e. The fourth-order valence-electron chi connectivity index (χ4n) is 0.354. The summed E-state index contributed by atoms with van der Waals surface area (Å²) >= 11 is 0. The lowest BCUT2D eigenvalue weighted by molar-refractivity contribution is 0.291. The van der Waals surface area contributed by atoms with Crippen LogP contribution in [0.4, 0.5) is 0 Å². The van der Waals surface area contributed by atoms with E-state index in [2.05, 4.69) is 26.2 Å². The minimum atomic E-state index is -1.32. The fourth-order valence-corrected chi connectivity index (χ4v) is 1.06. The zero-order chi connectivity index (χ0) is 6.78. The predicted octanol–water partition coefficient (Wildman–Crippen LogP) is 1.41. The number of hydrogen-bond acceptors (Lipinski definition) is 1. The Bertz CT molecular complexity index is 83.0. The Morgan fingerprint density at radius 3 is 1.88 bits per heavy atom. The van der Waals surface area contributed by atoms with E-state index >= 15 is 0 Å². The summed E-state index contributed by atoms with van der Waals surface area (Å²) < 4.78 is 0. The largest absolute Gasteiger partial charge is 0.393 e. The summed E-state index contributed by atoms with van der Waals surface area (Å²) in [5.41, 5.74) is -0.248. The van der Waals surface area contributed by atoms with Crippen molar-refractivity contribution in [3.8, 4) is 0 Å². The van der Waals surface area contributed by atoms with Gasteiger partial charge < -0.3 is 5.11 Å². The van der Waals surface area contributed by atoms with Crippen LogP contribution in [0.25, 0.3) is 0 Å². The Morgan fingerprint density at radius 1 is 1.50 bits per heavy atom. The normalized spacial score (nSPS) is 15.5. The molecule has 0 rings (SSSR count). The summed E-state index contributed by atoms with van der Waals surface area (Å²) in [5.74, 6) is 0. The lowest BCUT2D eigenvalue weighted by Gasteiger charge is -2.19. The number of aliphatic hydroxyl groups is 1. The van der Waals surface area contributed by atoms with E-state index in [9.17, 15) is 0 Å². The Balaban J connectivity index is 3.80. The van der Waals surface area contributed by atoms with Gasteiger partial charge in [-0.05, 0) is 0 Å². The molecule has 48 valence electrons. The van der Waals surface area contributed by atoms with Crippen molar-refractivity contribution >= 4 is 8.07 Å². The van der Waals surface area contributed by atoms with Crippen LogP contribution in [0.1, 0.15) is 0 Å². The molecule has 0 fully saturated rings. The maximum absolute atomic E-state index is 9.14. The van der Waals surface area contributed by atoms with Gasteiger partial charge in [0.15, 0.2) is 0 Å². The molecular formula is C6H14OSi. The Kier molecular flexibility index (Phi) is 2.44. The van der Waals surface area contributed by atoms with Crippen molar-refractivity contribution in [3.05, 3.63) is 12.7 Å². The molecule has 1 atom stereocenters. The van der Waals surface area contributed by atoms with Gasteiger partial charge in [0.1, 0.15) is 0 Å². The molecule has 0 aromatic heterocycles. The lowest BCUT2D eigenvalue weighted by Crippen LogP contribution is -2.36. The average molecular weight is 130 g/mol. The second kappa shape index (κ2) is 2.46. The molecule has 0 amide bonds. The molecule has 0 aromatic carbocycles. The second-order valence-corrected chi connectivity index (χ2v) is 8.37. The van der Waals surface area contributed by atoms with Gasteiger partial charge in [0.25, 0.3) is 0 Å². The number of rotatable bonds is 2. The van der Waals surface area contributed by atoms with E-state index in [4.69, 9.17) is 5.11 Å². The number of aliphatic hydroxyl groups excluding tert-OH is 1. The van der Waals surface area contributed by atoms with Gasteiger partial charge in [0, 0.05) is 0 Å². The van der Waals surface area contributed by atoms with Gasteiger partial charge in [-0.3, -0.25) is 0 Å². The zero-order valence-electron chi connectivity index (χ0n) is 5.81. The summed E-state index contributed by atoms with van der Waals surface area (Å²) in [6.07, 6.45) is 1.62. The summed E-state index contributed by atoms with van der Waals surface area (Å²) in [6.45, 7) is 9.84. The molecule has 0 radical (unpaired) electrons. The van der Waals surface area contributed by atoms with Crippen LogP contribution in [0.3, 0.4) is 0 Å². The molecule has 0 aliphatic rings. The van der Waals surface area contributed by atoms with Crippen LogP contribution in [0.5, 0.6) is 0 Å². The Hall–Kier alpha value is -0.0831. The zero-order valence-corrected chi connectivity index (χ0v) is 6.81. The summed E-state index contributed by atoms with van der Waals surface area (Å²) in [7, 11) is -1.32. The predicted molar refractivity (Wildman–Crippen MR) is 39.5 cm³/mol. The molecule has 0 aromatic rings. The highest BCUT2D eigenvalue weighted by atomic mass is 28.3. The van der Waals surface area contributed by atoms with Gasteiger partial charge in [0.2, 0.25) is 0 Å². The van der Waals surface area contributed by atoms with E-state index < -0.39 is 8.07 Å². The van der Waals surface area contributed by atoms with Gasteiger partial charge in [0.05, 0.1) is 13.8 Å². The van der Waals surface area contributed by atoms with Crippen LogP contribution < -0.4 is 0 Å². The molecule has 1 N–H and O–H groups in total. The standard InChI is InChI=1S/C6H14OSi/c1-5-6(7)8(2,3)4/h5-7H,1H2,2-4H3. The van der Waals surface area contributed by atoms with Crippen molar-refractivity contribution in [2.45, 2.75) is 25.4 Å². The van der Waals surface area contributed by atoms with E-state index in [1.807, 2.05) is 0 Å². The van der Waals surface area contributed by atoms with Crippen molar-refractivity contribution in [1.29, 1.82) is 0 Å². The average Bonchev–Trinajstić information content (AvgIpc) is 1.62. The minimum absolute atomic E-state index is 0.248. The van der Waals surface area contributed by atoms with Crippen LogP contribution in [0.2, 0.25) is 19.6 Å². The molecule has 0 bridgehead atoms.